The summed E-state index contributed by atoms with van der Waals surface area (Å²) in [5.41, 5.74) is 0. The molecule has 1 unspecified atom stereocenters. The lowest BCUT2D eigenvalue weighted by molar-refractivity contribution is -0.480. The first-order valence-corrected chi connectivity index (χ1v) is 3.95. The van der Waals surface area contributed by atoms with Crippen molar-refractivity contribution in [2.75, 3.05) is 6.54 Å². The molecule has 0 aromatic rings. The van der Waals surface area contributed by atoms with E-state index in [4.69, 9.17) is 0 Å². The lowest BCUT2D eigenvalue weighted by atomic mass is 10.0. The minimum atomic E-state index is -0.268. The van der Waals surface area contributed by atoms with Crippen molar-refractivity contribution in [3.05, 3.63) is 22.8 Å². The van der Waals surface area contributed by atoms with Crippen LogP contribution in [0.4, 0.5) is 0 Å². The first kappa shape index (κ1) is 10.1. The van der Waals surface area contributed by atoms with Crippen molar-refractivity contribution in [3.8, 4) is 0 Å². The van der Waals surface area contributed by atoms with Crippen molar-refractivity contribution in [2.24, 2.45) is 5.92 Å². The fraction of sp³-hybridized carbons (Fsp3) is 0.750. The number of hydrogen-bond acceptors (Lipinski definition) is 2. The van der Waals surface area contributed by atoms with E-state index in [1.807, 2.05) is 6.08 Å². The van der Waals surface area contributed by atoms with Crippen LogP contribution in [0.1, 0.15) is 26.2 Å². The molecule has 64 valence electrons. The van der Waals surface area contributed by atoms with Crippen LogP contribution in [-0.4, -0.2) is 11.5 Å². The van der Waals surface area contributed by atoms with E-state index in [0.29, 0.717) is 12.3 Å². The molecule has 0 saturated carbocycles. The van der Waals surface area contributed by atoms with Crippen LogP contribution in [0, 0.1) is 16.0 Å². The summed E-state index contributed by atoms with van der Waals surface area (Å²) in [7, 11) is 0. The molecule has 0 N–H and O–H groups in total. The predicted octanol–water partition coefficient (Wildman–Crippen LogP) is 2.26. The molecule has 0 spiro atoms. The molecule has 0 aromatic carbocycles. The van der Waals surface area contributed by atoms with Gasteiger partial charge in [0.2, 0.25) is 6.54 Å². The maximum Gasteiger partial charge on any atom is 0.203 e. The van der Waals surface area contributed by atoms with Crippen LogP contribution >= 0.6 is 0 Å². The summed E-state index contributed by atoms with van der Waals surface area (Å²) < 4.78 is 0. The normalized spacial score (nSPS) is 12.5. The molecule has 3 heteroatoms. The van der Waals surface area contributed by atoms with Crippen LogP contribution in [-0.2, 0) is 0 Å². The maximum atomic E-state index is 9.94. The summed E-state index contributed by atoms with van der Waals surface area (Å²) >= 11 is 0. The van der Waals surface area contributed by atoms with Gasteiger partial charge in [-0.1, -0.05) is 13.0 Å². The molecule has 0 aromatic heterocycles. The zero-order valence-corrected chi connectivity index (χ0v) is 6.95. The van der Waals surface area contributed by atoms with Crippen LogP contribution in [0.5, 0.6) is 0 Å². The molecule has 0 saturated heterocycles. The monoisotopic (exact) mass is 157 g/mol. The SMILES string of the molecule is C=CC(CC)CCC[N+](=O)[O-]. The summed E-state index contributed by atoms with van der Waals surface area (Å²) in [6.45, 7) is 5.82. The van der Waals surface area contributed by atoms with Gasteiger partial charge in [0.05, 0.1) is 0 Å². The van der Waals surface area contributed by atoms with Crippen LogP contribution in [0.15, 0.2) is 12.7 Å². The molecular weight excluding hydrogens is 142 g/mol. The predicted molar refractivity (Wildman–Crippen MR) is 45.1 cm³/mol. The van der Waals surface area contributed by atoms with E-state index < -0.39 is 0 Å². The maximum absolute atomic E-state index is 9.94. The number of rotatable bonds is 6. The van der Waals surface area contributed by atoms with Crippen molar-refractivity contribution >= 4 is 0 Å². The van der Waals surface area contributed by atoms with Gasteiger partial charge in [-0.05, 0) is 18.8 Å². The highest BCUT2D eigenvalue weighted by Gasteiger charge is 2.03. The van der Waals surface area contributed by atoms with Gasteiger partial charge < -0.3 is 0 Å². The van der Waals surface area contributed by atoms with Crippen molar-refractivity contribution in [2.45, 2.75) is 26.2 Å². The van der Waals surface area contributed by atoms with Crippen LogP contribution < -0.4 is 0 Å². The first-order chi connectivity index (χ1) is 5.20. The molecule has 0 amide bonds. The van der Waals surface area contributed by atoms with Gasteiger partial charge in [0.15, 0.2) is 0 Å². The third-order valence-corrected chi connectivity index (χ3v) is 1.77. The van der Waals surface area contributed by atoms with Gasteiger partial charge in [-0.15, -0.1) is 6.58 Å². The Morgan fingerprint density at radius 3 is 2.73 bits per heavy atom. The van der Waals surface area contributed by atoms with Gasteiger partial charge in [-0.3, -0.25) is 10.1 Å². The topological polar surface area (TPSA) is 43.1 Å². The van der Waals surface area contributed by atoms with E-state index in [2.05, 4.69) is 13.5 Å². The number of nitrogens with zero attached hydrogens (tertiary/aromatic N) is 1. The Morgan fingerprint density at radius 1 is 1.73 bits per heavy atom. The quantitative estimate of drug-likeness (QED) is 0.337. The minimum Gasteiger partial charge on any atom is -0.265 e. The molecule has 11 heavy (non-hydrogen) atoms. The fourth-order valence-corrected chi connectivity index (χ4v) is 0.971. The van der Waals surface area contributed by atoms with Crippen LogP contribution in [0.3, 0.4) is 0 Å². The smallest absolute Gasteiger partial charge is 0.203 e. The average Bonchev–Trinajstić information content (AvgIpc) is 1.98. The second-order valence-electron chi connectivity index (χ2n) is 2.60. The molecule has 0 radical (unpaired) electrons. The molecule has 0 heterocycles. The third-order valence-electron chi connectivity index (χ3n) is 1.77. The Kier molecular flexibility index (Phi) is 5.43. The lowest BCUT2D eigenvalue weighted by Crippen LogP contribution is -2.03. The molecule has 0 fully saturated rings. The molecule has 0 aliphatic rings. The standard InChI is InChI=1S/C8H15NO2/c1-3-8(4-2)6-5-7-9(10)11/h3,8H,1,4-7H2,2H3. The van der Waals surface area contributed by atoms with Gasteiger partial charge in [-0.25, -0.2) is 0 Å². The van der Waals surface area contributed by atoms with Gasteiger partial charge in [-0.2, -0.15) is 0 Å². The zero-order chi connectivity index (χ0) is 8.69. The molecule has 0 bridgehead atoms. The second kappa shape index (κ2) is 5.89. The second-order valence-corrected chi connectivity index (χ2v) is 2.60. The van der Waals surface area contributed by atoms with Crippen LogP contribution in [0.25, 0.3) is 0 Å². The molecular formula is C8H15NO2. The summed E-state index contributed by atoms with van der Waals surface area (Å²) in [6.07, 6.45) is 4.46. The minimum absolute atomic E-state index is 0.0876. The highest BCUT2D eigenvalue weighted by Crippen LogP contribution is 2.10. The Labute approximate surface area is 67.3 Å². The highest BCUT2D eigenvalue weighted by molar-refractivity contribution is 4.77. The zero-order valence-electron chi connectivity index (χ0n) is 6.95. The Morgan fingerprint density at radius 2 is 2.36 bits per heavy atom. The van der Waals surface area contributed by atoms with E-state index in [1.165, 1.54) is 0 Å². The summed E-state index contributed by atoms with van der Waals surface area (Å²) in [5.74, 6) is 0.454. The summed E-state index contributed by atoms with van der Waals surface area (Å²) in [6, 6.07) is 0. The molecule has 1 atom stereocenters. The number of allylic oxidation sites excluding steroid dienone is 1. The van der Waals surface area contributed by atoms with Gasteiger partial charge in [0.25, 0.3) is 0 Å². The Balaban J connectivity index is 3.35. The van der Waals surface area contributed by atoms with Crippen molar-refractivity contribution in [1.82, 2.24) is 0 Å². The van der Waals surface area contributed by atoms with Crippen molar-refractivity contribution in [3.63, 3.8) is 0 Å². The van der Waals surface area contributed by atoms with E-state index in [9.17, 15) is 10.1 Å². The third kappa shape index (κ3) is 5.58. The van der Waals surface area contributed by atoms with E-state index in [0.717, 1.165) is 12.8 Å². The average molecular weight is 157 g/mol. The fourth-order valence-electron chi connectivity index (χ4n) is 0.971. The highest BCUT2D eigenvalue weighted by atomic mass is 16.6. The summed E-state index contributed by atoms with van der Waals surface area (Å²) in [4.78, 5) is 9.67. The Bertz CT molecular complexity index is 134. The van der Waals surface area contributed by atoms with Gasteiger partial charge >= 0.3 is 0 Å². The van der Waals surface area contributed by atoms with Crippen LogP contribution in [0.2, 0.25) is 0 Å². The molecule has 0 aliphatic carbocycles. The largest absolute Gasteiger partial charge is 0.265 e. The lowest BCUT2D eigenvalue weighted by Gasteiger charge is -2.05. The van der Waals surface area contributed by atoms with Crippen molar-refractivity contribution < 1.29 is 4.92 Å². The molecule has 3 nitrogen and oxygen atoms in total. The number of nitro groups is 1. The van der Waals surface area contributed by atoms with E-state index in [1.54, 1.807) is 0 Å². The molecule has 0 aliphatic heterocycles. The van der Waals surface area contributed by atoms with E-state index in [-0.39, 0.29) is 11.5 Å². The number of hydrogen-bond donors (Lipinski definition) is 0. The first-order valence-electron chi connectivity index (χ1n) is 3.95. The van der Waals surface area contributed by atoms with Gasteiger partial charge in [0.1, 0.15) is 0 Å². The van der Waals surface area contributed by atoms with E-state index >= 15 is 0 Å². The Hall–Kier alpha value is -0.860. The van der Waals surface area contributed by atoms with Gasteiger partial charge in [0, 0.05) is 11.3 Å². The summed E-state index contributed by atoms with van der Waals surface area (Å²) in [5, 5.41) is 9.94. The molecule has 0 rings (SSSR count). The van der Waals surface area contributed by atoms with Crippen molar-refractivity contribution in [1.29, 1.82) is 0 Å².